The van der Waals surface area contributed by atoms with E-state index in [9.17, 15) is 9.59 Å². The number of aryl methyl sites for hydroxylation is 2. The minimum atomic E-state index is -0.473. The largest absolute Gasteiger partial charge is 0.360 e. The maximum absolute atomic E-state index is 13.1. The lowest BCUT2D eigenvalue weighted by atomic mass is 10.1. The number of thioether (sulfide) groups is 1. The number of benzene rings is 1. The van der Waals surface area contributed by atoms with Crippen LogP contribution < -0.4 is 10.9 Å². The van der Waals surface area contributed by atoms with Gasteiger partial charge < -0.3 is 9.84 Å². The Balaban J connectivity index is 1.71. The van der Waals surface area contributed by atoms with Gasteiger partial charge >= 0.3 is 0 Å². The fraction of sp³-hybridized carbons (Fsp3) is 0.381. The molecule has 0 bridgehead atoms. The first-order valence-corrected chi connectivity index (χ1v) is 11.0. The van der Waals surface area contributed by atoms with Gasteiger partial charge in [0.15, 0.2) is 11.0 Å². The van der Waals surface area contributed by atoms with Crippen LogP contribution in [0.5, 0.6) is 0 Å². The summed E-state index contributed by atoms with van der Waals surface area (Å²) in [7, 11) is 0. The highest BCUT2D eigenvalue weighted by molar-refractivity contribution is 8.00. The smallest absolute Gasteiger partial charge is 0.262 e. The number of rotatable bonds is 7. The molecule has 10 heteroatoms. The summed E-state index contributed by atoms with van der Waals surface area (Å²) in [6.45, 7) is 8.32. The maximum Gasteiger partial charge on any atom is 0.262 e. The minimum absolute atomic E-state index is 0.0834. The Morgan fingerprint density at radius 1 is 1.23 bits per heavy atom. The van der Waals surface area contributed by atoms with E-state index < -0.39 is 5.25 Å². The second kappa shape index (κ2) is 8.54. The average Bonchev–Trinajstić information content (AvgIpc) is 3.34. The van der Waals surface area contributed by atoms with E-state index in [1.165, 1.54) is 11.8 Å². The molecule has 0 fully saturated rings. The number of para-hydroxylation sites is 1. The molecular formula is C21H24N6O3S. The van der Waals surface area contributed by atoms with Gasteiger partial charge in [0, 0.05) is 12.6 Å². The Morgan fingerprint density at radius 3 is 2.71 bits per heavy atom. The summed E-state index contributed by atoms with van der Waals surface area (Å²) in [5.41, 5.74) is 0.635. The van der Waals surface area contributed by atoms with E-state index in [4.69, 9.17) is 4.52 Å². The second-order valence-corrected chi connectivity index (χ2v) is 9.15. The topological polar surface area (TPSA) is 107 Å². The average molecular weight is 441 g/mol. The highest BCUT2D eigenvalue weighted by atomic mass is 32.2. The Labute approximate surface area is 182 Å². The summed E-state index contributed by atoms with van der Waals surface area (Å²) >= 11 is 1.27. The van der Waals surface area contributed by atoms with Crippen molar-refractivity contribution in [2.45, 2.75) is 51.1 Å². The minimum Gasteiger partial charge on any atom is -0.360 e. The third-order valence-corrected chi connectivity index (χ3v) is 5.98. The summed E-state index contributed by atoms with van der Waals surface area (Å²) in [5, 5.41) is 15.8. The summed E-state index contributed by atoms with van der Waals surface area (Å²) in [5.74, 6) is 1.68. The first-order valence-electron chi connectivity index (χ1n) is 10.1. The normalized spacial score (nSPS) is 12.7. The Bertz CT molecular complexity index is 1310. The lowest BCUT2D eigenvalue weighted by Crippen LogP contribution is -2.25. The van der Waals surface area contributed by atoms with Gasteiger partial charge in [-0.15, -0.1) is 10.2 Å². The first-order chi connectivity index (χ1) is 14.8. The van der Waals surface area contributed by atoms with Crippen molar-refractivity contribution in [2.75, 3.05) is 5.32 Å². The van der Waals surface area contributed by atoms with Gasteiger partial charge in [-0.3, -0.25) is 18.6 Å². The van der Waals surface area contributed by atoms with Gasteiger partial charge in [0.25, 0.3) is 5.56 Å². The molecule has 0 saturated heterocycles. The van der Waals surface area contributed by atoms with Crippen LogP contribution in [0.2, 0.25) is 0 Å². The third-order valence-electron chi connectivity index (χ3n) is 4.94. The van der Waals surface area contributed by atoms with Gasteiger partial charge in [-0.25, -0.2) is 0 Å². The van der Waals surface area contributed by atoms with E-state index >= 15 is 0 Å². The zero-order valence-electron chi connectivity index (χ0n) is 17.8. The standard InChI is InChI=1S/C21H24N6O3S/c1-12(2)9-10-26-19(29)15-7-5-6-8-16(15)27-20(26)23-24-21(27)31-14(4)18(28)22-17-11-13(3)30-25-17/h5-8,11-12,14H,9-10H2,1-4H3,(H,22,25,28). The number of hydrogen-bond acceptors (Lipinski definition) is 7. The molecule has 9 nitrogen and oxygen atoms in total. The van der Waals surface area contributed by atoms with E-state index in [1.807, 2.05) is 22.6 Å². The van der Waals surface area contributed by atoms with Crippen LogP contribution in [0.15, 0.2) is 44.8 Å². The predicted octanol–water partition coefficient (Wildman–Crippen LogP) is 3.51. The molecule has 31 heavy (non-hydrogen) atoms. The van der Waals surface area contributed by atoms with Crippen LogP contribution in [0.3, 0.4) is 0 Å². The lowest BCUT2D eigenvalue weighted by Gasteiger charge is -2.13. The van der Waals surface area contributed by atoms with E-state index in [0.29, 0.717) is 40.4 Å². The van der Waals surface area contributed by atoms with E-state index in [2.05, 4.69) is 34.5 Å². The monoisotopic (exact) mass is 440 g/mol. The molecule has 1 amide bonds. The number of anilines is 1. The van der Waals surface area contributed by atoms with Crippen molar-refractivity contribution in [2.24, 2.45) is 5.92 Å². The van der Waals surface area contributed by atoms with Crippen molar-refractivity contribution in [3.05, 3.63) is 46.4 Å². The molecule has 0 aliphatic carbocycles. The molecule has 3 aromatic heterocycles. The number of carbonyl (C=O) groups is 1. The van der Waals surface area contributed by atoms with Crippen molar-refractivity contribution in [1.29, 1.82) is 0 Å². The third kappa shape index (κ3) is 4.20. The summed E-state index contributed by atoms with van der Waals surface area (Å²) in [6.07, 6.45) is 0.846. The van der Waals surface area contributed by atoms with Crippen LogP contribution in [0.4, 0.5) is 5.82 Å². The van der Waals surface area contributed by atoms with Crippen LogP contribution in [-0.4, -0.2) is 35.5 Å². The van der Waals surface area contributed by atoms with Crippen molar-refractivity contribution in [1.82, 2.24) is 24.3 Å². The molecule has 0 saturated carbocycles. The van der Waals surface area contributed by atoms with Crippen LogP contribution in [0, 0.1) is 12.8 Å². The van der Waals surface area contributed by atoms with E-state index in [1.54, 1.807) is 30.5 Å². The number of nitrogens with zero attached hydrogens (tertiary/aromatic N) is 5. The van der Waals surface area contributed by atoms with Gasteiger partial charge in [0.05, 0.1) is 16.2 Å². The number of hydrogen-bond donors (Lipinski definition) is 1. The molecule has 0 aliphatic heterocycles. The number of carbonyl (C=O) groups excluding carboxylic acids is 1. The molecule has 1 unspecified atom stereocenters. The Morgan fingerprint density at radius 2 is 2.00 bits per heavy atom. The molecule has 1 aromatic carbocycles. The molecular weight excluding hydrogens is 416 g/mol. The number of nitrogens with one attached hydrogen (secondary N) is 1. The molecule has 0 aliphatic rings. The highest BCUT2D eigenvalue weighted by Gasteiger charge is 2.22. The maximum atomic E-state index is 13.1. The first kappa shape index (κ1) is 21.1. The van der Waals surface area contributed by atoms with Gasteiger partial charge in [0.2, 0.25) is 11.7 Å². The Kier molecular flexibility index (Phi) is 5.81. The van der Waals surface area contributed by atoms with Gasteiger partial charge in [-0.1, -0.05) is 42.9 Å². The quantitative estimate of drug-likeness (QED) is 0.438. The highest BCUT2D eigenvalue weighted by Crippen LogP contribution is 2.26. The molecule has 4 aromatic rings. The van der Waals surface area contributed by atoms with Crippen molar-refractivity contribution >= 4 is 40.2 Å². The predicted molar refractivity (Wildman–Crippen MR) is 119 cm³/mol. The zero-order chi connectivity index (χ0) is 22.1. The second-order valence-electron chi connectivity index (χ2n) is 7.85. The number of amides is 1. The Hall–Kier alpha value is -3.14. The molecule has 3 heterocycles. The zero-order valence-corrected chi connectivity index (χ0v) is 18.6. The molecule has 4 rings (SSSR count). The van der Waals surface area contributed by atoms with Crippen LogP contribution in [0.25, 0.3) is 16.7 Å². The molecule has 0 radical (unpaired) electrons. The molecule has 1 N–H and O–H groups in total. The van der Waals surface area contributed by atoms with E-state index in [0.717, 1.165) is 11.9 Å². The number of aromatic nitrogens is 5. The van der Waals surface area contributed by atoms with Gasteiger partial charge in [-0.2, -0.15) is 0 Å². The summed E-state index contributed by atoms with van der Waals surface area (Å²) < 4.78 is 8.51. The molecule has 162 valence electrons. The van der Waals surface area contributed by atoms with Crippen LogP contribution >= 0.6 is 11.8 Å². The van der Waals surface area contributed by atoms with Crippen LogP contribution in [-0.2, 0) is 11.3 Å². The van der Waals surface area contributed by atoms with Gasteiger partial charge in [-0.05, 0) is 38.3 Å². The van der Waals surface area contributed by atoms with Crippen LogP contribution in [0.1, 0.15) is 33.0 Å². The SMILES string of the molecule is Cc1cc(NC(=O)C(C)Sc2nnc3n(CCC(C)C)c(=O)c4ccccc4n23)no1. The van der Waals surface area contributed by atoms with E-state index in [-0.39, 0.29) is 11.5 Å². The summed E-state index contributed by atoms with van der Waals surface area (Å²) in [6, 6.07) is 9.04. The molecule has 1 atom stereocenters. The number of fused-ring (bicyclic) bond motifs is 3. The van der Waals surface area contributed by atoms with Crippen molar-refractivity contribution in [3.63, 3.8) is 0 Å². The van der Waals surface area contributed by atoms with Gasteiger partial charge in [0.1, 0.15) is 5.76 Å². The fourth-order valence-corrected chi connectivity index (χ4v) is 4.12. The van der Waals surface area contributed by atoms with Crippen molar-refractivity contribution < 1.29 is 9.32 Å². The lowest BCUT2D eigenvalue weighted by molar-refractivity contribution is -0.115. The fourth-order valence-electron chi connectivity index (χ4n) is 3.26. The molecule has 0 spiro atoms. The van der Waals surface area contributed by atoms with Crippen molar-refractivity contribution in [3.8, 4) is 0 Å². The summed E-state index contributed by atoms with van der Waals surface area (Å²) in [4.78, 5) is 25.7.